The van der Waals surface area contributed by atoms with Crippen molar-refractivity contribution in [1.29, 1.82) is 0 Å². The molecule has 0 saturated carbocycles. The van der Waals surface area contributed by atoms with Crippen LogP contribution in [0.25, 0.3) is 5.69 Å². The normalized spacial score (nSPS) is 12.2. The minimum Gasteiger partial charge on any atom is -0.468 e. The zero-order chi connectivity index (χ0) is 18.5. The Labute approximate surface area is 151 Å². The van der Waals surface area contributed by atoms with Crippen LogP contribution in [-0.2, 0) is 0 Å². The van der Waals surface area contributed by atoms with E-state index in [4.69, 9.17) is 4.42 Å². The van der Waals surface area contributed by atoms with Gasteiger partial charge in [-0.05, 0) is 67.3 Å². The van der Waals surface area contributed by atoms with Crippen molar-refractivity contribution in [1.82, 2.24) is 30.4 Å². The molecule has 136 valence electrons. The van der Waals surface area contributed by atoms with Crippen molar-refractivity contribution >= 4 is 11.7 Å². The first kappa shape index (κ1) is 17.6. The Morgan fingerprint density at radius 1 is 1.35 bits per heavy atom. The first-order chi connectivity index (χ1) is 12.5. The van der Waals surface area contributed by atoms with E-state index in [2.05, 4.69) is 26.2 Å². The Morgan fingerprint density at radius 2 is 2.19 bits per heavy atom. The van der Waals surface area contributed by atoms with Gasteiger partial charge in [-0.3, -0.25) is 4.90 Å². The number of carbonyl (C=O) groups excluding carboxylic acids is 1. The van der Waals surface area contributed by atoms with Crippen molar-refractivity contribution in [3.63, 3.8) is 0 Å². The summed E-state index contributed by atoms with van der Waals surface area (Å²) in [6.45, 7) is 2.35. The molecule has 0 bridgehead atoms. The molecule has 2 N–H and O–H groups in total. The number of aryl methyl sites for hydroxylation is 1. The number of amides is 2. The third-order valence-corrected chi connectivity index (χ3v) is 4.00. The fraction of sp³-hybridized carbons (Fsp3) is 0.294. The van der Waals surface area contributed by atoms with Crippen LogP contribution in [0.3, 0.4) is 0 Å². The average molecular weight is 355 g/mol. The molecule has 0 unspecified atom stereocenters. The summed E-state index contributed by atoms with van der Waals surface area (Å²) >= 11 is 0. The fourth-order valence-corrected chi connectivity index (χ4v) is 2.65. The topological polar surface area (TPSA) is 101 Å². The molecule has 1 aromatic carbocycles. The number of aromatic nitrogens is 4. The average Bonchev–Trinajstić information content (AvgIpc) is 3.28. The molecule has 2 heterocycles. The van der Waals surface area contributed by atoms with Crippen LogP contribution >= 0.6 is 0 Å². The second-order valence-corrected chi connectivity index (χ2v) is 6.09. The molecule has 9 nitrogen and oxygen atoms in total. The number of nitrogens with zero attached hydrogens (tertiary/aromatic N) is 5. The Morgan fingerprint density at radius 3 is 2.81 bits per heavy atom. The third kappa shape index (κ3) is 4.06. The van der Waals surface area contributed by atoms with Crippen molar-refractivity contribution in [2.24, 2.45) is 0 Å². The van der Waals surface area contributed by atoms with Gasteiger partial charge in [0.25, 0.3) is 0 Å². The highest BCUT2D eigenvalue weighted by molar-refractivity contribution is 5.89. The molecule has 0 spiro atoms. The van der Waals surface area contributed by atoms with Crippen LogP contribution in [0.5, 0.6) is 0 Å². The molecule has 0 aliphatic rings. The van der Waals surface area contributed by atoms with E-state index in [1.54, 1.807) is 17.0 Å². The summed E-state index contributed by atoms with van der Waals surface area (Å²) in [5.41, 5.74) is 2.49. The molecular weight excluding hydrogens is 334 g/mol. The lowest BCUT2D eigenvalue weighted by atomic mass is 10.2. The smallest absolute Gasteiger partial charge is 0.319 e. The number of tetrazole rings is 1. The van der Waals surface area contributed by atoms with Crippen LogP contribution in [-0.4, -0.2) is 51.8 Å². The van der Waals surface area contributed by atoms with E-state index in [-0.39, 0.29) is 12.1 Å². The summed E-state index contributed by atoms with van der Waals surface area (Å²) < 4.78 is 7.01. The number of benzene rings is 1. The summed E-state index contributed by atoms with van der Waals surface area (Å²) in [5, 5.41) is 16.8. The second kappa shape index (κ2) is 7.79. The summed E-state index contributed by atoms with van der Waals surface area (Å²) in [7, 11) is 3.88. The second-order valence-electron chi connectivity index (χ2n) is 6.09. The van der Waals surface area contributed by atoms with E-state index in [9.17, 15) is 4.79 Å². The van der Waals surface area contributed by atoms with Crippen molar-refractivity contribution in [3.8, 4) is 5.69 Å². The number of nitrogens with one attached hydrogen (secondary N) is 2. The number of urea groups is 1. The molecule has 3 aromatic rings. The van der Waals surface area contributed by atoms with Crippen molar-refractivity contribution in [2.75, 3.05) is 26.0 Å². The number of furan rings is 1. The lowest BCUT2D eigenvalue weighted by Crippen LogP contribution is -2.36. The maximum Gasteiger partial charge on any atom is 0.319 e. The molecule has 2 aromatic heterocycles. The molecule has 0 aliphatic heterocycles. The molecule has 0 fully saturated rings. The van der Waals surface area contributed by atoms with Crippen molar-refractivity contribution in [3.05, 3.63) is 54.2 Å². The number of carbonyl (C=O) groups is 1. The Kier molecular flexibility index (Phi) is 5.28. The highest BCUT2D eigenvalue weighted by Gasteiger charge is 2.17. The van der Waals surface area contributed by atoms with Crippen molar-refractivity contribution in [2.45, 2.75) is 13.0 Å². The molecule has 0 radical (unpaired) electrons. The van der Waals surface area contributed by atoms with E-state index in [0.717, 1.165) is 17.0 Å². The highest BCUT2D eigenvalue weighted by Crippen LogP contribution is 2.19. The summed E-state index contributed by atoms with van der Waals surface area (Å²) in [4.78, 5) is 14.2. The lowest BCUT2D eigenvalue weighted by molar-refractivity contribution is 0.233. The number of hydrogen-bond donors (Lipinski definition) is 2. The standard InChI is InChI=1S/C17H21N7O2/c1-12-9-13(6-7-14(12)24-11-19-21-22-24)20-17(25)18-10-15(23(2)3)16-5-4-8-26-16/h4-9,11,15H,10H2,1-3H3,(H2,18,20,25)/t15-/m0/s1. The van der Waals surface area contributed by atoms with Gasteiger partial charge in [-0.1, -0.05) is 0 Å². The number of hydrogen-bond acceptors (Lipinski definition) is 6. The molecule has 2 amide bonds. The van der Waals surface area contributed by atoms with Crippen molar-refractivity contribution < 1.29 is 9.21 Å². The zero-order valence-electron chi connectivity index (χ0n) is 14.9. The Bertz CT molecular complexity index is 844. The minimum absolute atomic E-state index is 0.0420. The highest BCUT2D eigenvalue weighted by atomic mass is 16.3. The van der Waals surface area contributed by atoms with Gasteiger partial charge in [0.1, 0.15) is 12.1 Å². The van der Waals surface area contributed by atoms with Gasteiger partial charge in [-0.25, -0.2) is 9.48 Å². The molecule has 0 aliphatic carbocycles. The van der Waals surface area contributed by atoms with Gasteiger partial charge in [0.05, 0.1) is 18.0 Å². The van der Waals surface area contributed by atoms with E-state index in [0.29, 0.717) is 12.2 Å². The summed E-state index contributed by atoms with van der Waals surface area (Å²) in [5.74, 6) is 0.803. The van der Waals surface area contributed by atoms with Crippen LogP contribution in [0.4, 0.5) is 10.5 Å². The third-order valence-electron chi connectivity index (χ3n) is 4.00. The van der Waals surface area contributed by atoms with Gasteiger partial charge >= 0.3 is 6.03 Å². The predicted molar refractivity (Wildman–Crippen MR) is 96.0 cm³/mol. The fourth-order valence-electron chi connectivity index (χ4n) is 2.65. The van der Waals surface area contributed by atoms with Crippen LogP contribution in [0.2, 0.25) is 0 Å². The lowest BCUT2D eigenvalue weighted by Gasteiger charge is -2.22. The molecule has 9 heteroatoms. The molecule has 0 saturated heterocycles. The maximum absolute atomic E-state index is 12.2. The van der Waals surface area contributed by atoms with Gasteiger partial charge in [-0.2, -0.15) is 0 Å². The molecule has 1 atom stereocenters. The summed E-state index contributed by atoms with van der Waals surface area (Å²) in [6.07, 6.45) is 3.15. The number of likely N-dealkylation sites (N-methyl/N-ethyl adjacent to an activating group) is 1. The SMILES string of the molecule is Cc1cc(NC(=O)NC[C@@H](c2ccco2)N(C)C)ccc1-n1cnnn1. The van der Waals surface area contributed by atoms with Crippen LogP contribution in [0.1, 0.15) is 17.4 Å². The van der Waals surface area contributed by atoms with Crippen LogP contribution in [0.15, 0.2) is 47.3 Å². The first-order valence-electron chi connectivity index (χ1n) is 8.13. The van der Waals surface area contributed by atoms with Crippen LogP contribution in [0, 0.1) is 6.92 Å². The predicted octanol–water partition coefficient (Wildman–Crippen LogP) is 1.99. The zero-order valence-corrected chi connectivity index (χ0v) is 14.9. The number of rotatable bonds is 6. The quantitative estimate of drug-likeness (QED) is 0.701. The minimum atomic E-state index is -0.280. The monoisotopic (exact) mass is 355 g/mol. The van der Waals surface area contributed by atoms with Crippen LogP contribution < -0.4 is 10.6 Å². The maximum atomic E-state index is 12.2. The molecule has 26 heavy (non-hydrogen) atoms. The van der Waals surface area contributed by atoms with E-state index >= 15 is 0 Å². The molecular formula is C17H21N7O2. The number of anilines is 1. The van der Waals surface area contributed by atoms with Gasteiger partial charge in [-0.15, -0.1) is 5.10 Å². The van der Waals surface area contributed by atoms with E-state index in [1.165, 1.54) is 6.33 Å². The van der Waals surface area contributed by atoms with E-state index < -0.39 is 0 Å². The Balaban J connectivity index is 1.60. The molecule has 3 rings (SSSR count). The van der Waals surface area contributed by atoms with Gasteiger partial charge < -0.3 is 15.1 Å². The van der Waals surface area contributed by atoms with Gasteiger partial charge in [0.15, 0.2) is 0 Å². The van der Waals surface area contributed by atoms with Gasteiger partial charge in [0, 0.05) is 12.2 Å². The summed E-state index contributed by atoms with van der Waals surface area (Å²) in [6, 6.07) is 8.93. The first-order valence-corrected chi connectivity index (χ1v) is 8.13. The van der Waals surface area contributed by atoms with E-state index in [1.807, 2.05) is 50.2 Å². The van der Waals surface area contributed by atoms with Gasteiger partial charge in [0.2, 0.25) is 0 Å². The Hall–Kier alpha value is -3.20. The largest absolute Gasteiger partial charge is 0.468 e.